The number of ether oxygens (including phenoxy) is 1. The molecule has 1 aliphatic carbocycles. The Kier molecular flexibility index (Phi) is 7.32. The van der Waals surface area contributed by atoms with Crippen molar-refractivity contribution in [3.63, 3.8) is 0 Å². The molecule has 1 unspecified atom stereocenters. The van der Waals surface area contributed by atoms with Crippen molar-refractivity contribution in [2.45, 2.75) is 77.5 Å². The average Bonchev–Trinajstić information content (AvgIpc) is 3.47. The van der Waals surface area contributed by atoms with E-state index in [1.165, 1.54) is 12.8 Å². The number of benzene rings is 1. The van der Waals surface area contributed by atoms with Crippen molar-refractivity contribution in [1.82, 2.24) is 30.1 Å². The number of methoxy groups -OCH3 is 1. The monoisotopic (exact) mass is 438 g/mol. The normalized spacial score (nSPS) is 15.8. The van der Waals surface area contributed by atoms with E-state index in [2.05, 4.69) is 44.5 Å². The maximum Gasteiger partial charge on any atom is 0.252 e. The van der Waals surface area contributed by atoms with Crippen LogP contribution in [0.3, 0.4) is 0 Å². The van der Waals surface area contributed by atoms with Crippen molar-refractivity contribution < 1.29 is 4.74 Å². The van der Waals surface area contributed by atoms with Crippen LogP contribution in [0.5, 0.6) is 0 Å². The lowest BCUT2D eigenvalue weighted by Gasteiger charge is -2.35. The molecule has 32 heavy (non-hydrogen) atoms. The molecular formula is C24H34N6O2. The molecule has 0 bridgehead atoms. The maximum absolute atomic E-state index is 13.0. The first-order valence-corrected chi connectivity index (χ1v) is 11.7. The lowest BCUT2D eigenvalue weighted by molar-refractivity contribution is 0.105. The summed E-state index contributed by atoms with van der Waals surface area (Å²) in [5.41, 5.74) is 2.81. The van der Waals surface area contributed by atoms with Crippen LogP contribution in [-0.4, -0.2) is 49.8 Å². The lowest BCUT2D eigenvalue weighted by atomic mass is 10.0. The summed E-state index contributed by atoms with van der Waals surface area (Å²) >= 11 is 0. The Hall–Kier alpha value is -2.58. The molecule has 2 aromatic heterocycles. The SMILES string of the molecule is CCCC(c1nnnn1CCOC)N(Cc1cc2ccc(C)cc2[nH]c1=O)C1CCCC1. The second kappa shape index (κ2) is 10.4. The molecule has 1 atom stereocenters. The molecule has 1 N–H and O–H groups in total. The van der Waals surface area contributed by atoms with Crippen LogP contribution in [0.15, 0.2) is 29.1 Å². The third-order valence-corrected chi connectivity index (χ3v) is 6.55. The molecule has 4 rings (SSSR count). The number of fused-ring (bicyclic) bond motifs is 1. The van der Waals surface area contributed by atoms with E-state index in [-0.39, 0.29) is 11.6 Å². The number of rotatable bonds is 10. The summed E-state index contributed by atoms with van der Waals surface area (Å²) in [7, 11) is 1.69. The highest BCUT2D eigenvalue weighted by Crippen LogP contribution is 2.34. The maximum atomic E-state index is 13.0. The minimum atomic E-state index is -0.0136. The van der Waals surface area contributed by atoms with Gasteiger partial charge in [0, 0.05) is 30.8 Å². The van der Waals surface area contributed by atoms with E-state index in [1.54, 1.807) is 7.11 Å². The van der Waals surface area contributed by atoms with Gasteiger partial charge in [-0.05, 0) is 59.7 Å². The topological polar surface area (TPSA) is 88.9 Å². The molecule has 8 nitrogen and oxygen atoms in total. The number of nitrogens with one attached hydrogen (secondary N) is 1. The van der Waals surface area contributed by atoms with E-state index in [9.17, 15) is 4.79 Å². The van der Waals surface area contributed by atoms with E-state index >= 15 is 0 Å². The first kappa shape index (κ1) is 22.6. The van der Waals surface area contributed by atoms with Crippen LogP contribution in [-0.2, 0) is 17.8 Å². The van der Waals surface area contributed by atoms with Crippen LogP contribution in [0.4, 0.5) is 0 Å². The molecule has 1 saturated carbocycles. The van der Waals surface area contributed by atoms with Gasteiger partial charge in [0.2, 0.25) is 0 Å². The van der Waals surface area contributed by atoms with Gasteiger partial charge in [0.1, 0.15) is 0 Å². The second-order valence-corrected chi connectivity index (χ2v) is 8.88. The zero-order valence-electron chi connectivity index (χ0n) is 19.4. The third-order valence-electron chi connectivity index (χ3n) is 6.55. The summed E-state index contributed by atoms with van der Waals surface area (Å²) in [6.07, 6.45) is 6.69. The molecule has 2 heterocycles. The summed E-state index contributed by atoms with van der Waals surface area (Å²) in [6.45, 7) is 5.99. The molecule has 0 saturated heterocycles. The molecule has 1 aromatic carbocycles. The molecule has 0 spiro atoms. The van der Waals surface area contributed by atoms with Gasteiger partial charge in [-0.3, -0.25) is 9.69 Å². The minimum absolute atomic E-state index is 0.0136. The molecule has 8 heteroatoms. The van der Waals surface area contributed by atoms with Gasteiger partial charge in [-0.2, -0.15) is 0 Å². The Bertz CT molecular complexity index is 1090. The number of aryl methyl sites for hydroxylation is 1. The van der Waals surface area contributed by atoms with Gasteiger partial charge >= 0.3 is 0 Å². The van der Waals surface area contributed by atoms with E-state index in [0.29, 0.717) is 25.7 Å². The number of aromatic nitrogens is 5. The number of H-pyrrole nitrogens is 1. The quantitative estimate of drug-likeness (QED) is 0.519. The number of pyridine rings is 1. The molecule has 0 aliphatic heterocycles. The largest absolute Gasteiger partial charge is 0.383 e. The predicted octanol–water partition coefficient (Wildman–Crippen LogP) is 3.76. The standard InChI is InChI=1S/C24H34N6O2/c1-4-7-22(23-26-27-28-30(23)12-13-32-3)29(20-8-5-6-9-20)16-19-15-18-11-10-17(2)14-21(18)25-24(19)31/h10-11,14-15,20,22H,4-9,12-13,16H2,1-3H3,(H,25,31). The Labute approximate surface area is 189 Å². The summed E-state index contributed by atoms with van der Waals surface area (Å²) in [5.74, 6) is 0.864. The number of hydrogen-bond donors (Lipinski definition) is 1. The van der Waals surface area contributed by atoms with Crippen molar-refractivity contribution in [2.75, 3.05) is 13.7 Å². The summed E-state index contributed by atoms with van der Waals surface area (Å²) in [6, 6.07) is 8.73. The zero-order chi connectivity index (χ0) is 22.5. The van der Waals surface area contributed by atoms with Crippen molar-refractivity contribution >= 4 is 10.9 Å². The summed E-state index contributed by atoms with van der Waals surface area (Å²) < 4.78 is 7.12. The molecule has 1 fully saturated rings. The molecule has 1 aliphatic rings. The fraction of sp³-hybridized carbons (Fsp3) is 0.583. The van der Waals surface area contributed by atoms with Crippen molar-refractivity contribution in [1.29, 1.82) is 0 Å². The fourth-order valence-corrected chi connectivity index (χ4v) is 4.91. The number of tetrazole rings is 1. The minimum Gasteiger partial charge on any atom is -0.383 e. The Morgan fingerprint density at radius 1 is 1.28 bits per heavy atom. The predicted molar refractivity (Wildman–Crippen MR) is 124 cm³/mol. The van der Waals surface area contributed by atoms with Crippen LogP contribution < -0.4 is 5.56 Å². The average molecular weight is 439 g/mol. The van der Waals surface area contributed by atoms with Gasteiger partial charge in [-0.1, -0.05) is 38.3 Å². The summed E-state index contributed by atoms with van der Waals surface area (Å²) in [4.78, 5) is 18.6. The molecule has 172 valence electrons. The van der Waals surface area contributed by atoms with Crippen LogP contribution >= 0.6 is 0 Å². The fourth-order valence-electron chi connectivity index (χ4n) is 4.91. The Morgan fingerprint density at radius 3 is 2.84 bits per heavy atom. The third kappa shape index (κ3) is 4.91. The summed E-state index contributed by atoms with van der Waals surface area (Å²) in [5, 5.41) is 13.7. The van der Waals surface area contributed by atoms with Crippen LogP contribution in [0.2, 0.25) is 0 Å². The van der Waals surface area contributed by atoms with Crippen molar-refractivity contribution in [3.05, 3.63) is 51.6 Å². The smallest absolute Gasteiger partial charge is 0.252 e. The zero-order valence-corrected chi connectivity index (χ0v) is 19.4. The van der Waals surface area contributed by atoms with Gasteiger partial charge < -0.3 is 9.72 Å². The van der Waals surface area contributed by atoms with Crippen molar-refractivity contribution in [2.24, 2.45) is 0 Å². The van der Waals surface area contributed by atoms with E-state index in [0.717, 1.165) is 53.5 Å². The molecule has 0 radical (unpaired) electrons. The van der Waals surface area contributed by atoms with Crippen molar-refractivity contribution in [3.8, 4) is 0 Å². The highest BCUT2D eigenvalue weighted by Gasteiger charge is 2.33. The van der Waals surface area contributed by atoms with Gasteiger partial charge in [0.15, 0.2) is 5.82 Å². The number of nitrogens with zero attached hydrogens (tertiary/aromatic N) is 5. The Balaban J connectivity index is 1.71. The molecule has 3 aromatic rings. The highest BCUT2D eigenvalue weighted by atomic mass is 16.5. The molecular weight excluding hydrogens is 404 g/mol. The lowest BCUT2D eigenvalue weighted by Crippen LogP contribution is -2.39. The first-order chi connectivity index (χ1) is 15.6. The van der Waals surface area contributed by atoms with E-state index in [1.807, 2.05) is 23.7 Å². The second-order valence-electron chi connectivity index (χ2n) is 8.88. The van der Waals surface area contributed by atoms with Crippen LogP contribution in [0.1, 0.15) is 68.4 Å². The molecule has 0 amide bonds. The van der Waals surface area contributed by atoms with Crippen LogP contribution in [0, 0.1) is 6.92 Å². The van der Waals surface area contributed by atoms with Gasteiger partial charge in [-0.25, -0.2) is 4.68 Å². The van der Waals surface area contributed by atoms with Gasteiger partial charge in [-0.15, -0.1) is 5.10 Å². The van der Waals surface area contributed by atoms with Crippen LogP contribution in [0.25, 0.3) is 10.9 Å². The number of aromatic amines is 1. The first-order valence-electron chi connectivity index (χ1n) is 11.7. The van der Waals surface area contributed by atoms with E-state index in [4.69, 9.17) is 4.74 Å². The highest BCUT2D eigenvalue weighted by molar-refractivity contribution is 5.79. The van der Waals surface area contributed by atoms with Gasteiger partial charge in [0.25, 0.3) is 5.56 Å². The van der Waals surface area contributed by atoms with E-state index < -0.39 is 0 Å². The number of hydrogen-bond acceptors (Lipinski definition) is 6. The Morgan fingerprint density at radius 2 is 2.09 bits per heavy atom. The van der Waals surface area contributed by atoms with Gasteiger partial charge in [0.05, 0.1) is 19.2 Å².